The lowest BCUT2D eigenvalue weighted by Crippen LogP contribution is -2.24. The van der Waals surface area contributed by atoms with Crippen molar-refractivity contribution in [1.82, 2.24) is 5.32 Å². The molecule has 0 aliphatic carbocycles. The van der Waals surface area contributed by atoms with E-state index in [2.05, 4.69) is 53.4 Å². The molecule has 0 saturated heterocycles. The number of phenols is 1. The minimum atomic E-state index is -0.161. The third-order valence-corrected chi connectivity index (χ3v) is 3.68. The Morgan fingerprint density at radius 3 is 1.95 bits per heavy atom. The van der Waals surface area contributed by atoms with Gasteiger partial charge < -0.3 is 10.4 Å². The van der Waals surface area contributed by atoms with Gasteiger partial charge in [-0.25, -0.2) is 0 Å². The van der Waals surface area contributed by atoms with Crippen molar-refractivity contribution in [2.75, 3.05) is 6.54 Å². The molecule has 0 atom stereocenters. The van der Waals surface area contributed by atoms with Crippen molar-refractivity contribution >= 4 is 5.91 Å². The van der Waals surface area contributed by atoms with E-state index in [0.29, 0.717) is 12.3 Å². The average molecular weight is 303 g/mol. The molecule has 2 N–H and O–H groups in total. The zero-order valence-corrected chi connectivity index (χ0v) is 14.7. The van der Waals surface area contributed by atoms with E-state index in [0.717, 1.165) is 23.1 Å². The van der Waals surface area contributed by atoms with E-state index in [1.807, 2.05) is 12.1 Å². The highest BCUT2D eigenvalue weighted by Crippen LogP contribution is 2.39. The van der Waals surface area contributed by atoms with Crippen LogP contribution in [0.3, 0.4) is 0 Å². The predicted molar refractivity (Wildman–Crippen MR) is 92.4 cm³/mol. The van der Waals surface area contributed by atoms with Gasteiger partial charge in [-0.05, 0) is 40.0 Å². The first-order valence-electron chi connectivity index (χ1n) is 7.74. The molecule has 3 nitrogen and oxygen atoms in total. The summed E-state index contributed by atoms with van der Waals surface area (Å²) in [6, 6.07) is 4.09. The van der Waals surface area contributed by atoms with Gasteiger partial charge in [0.2, 0.25) is 5.91 Å². The molecule has 0 spiro atoms. The molecule has 1 amide bonds. The summed E-state index contributed by atoms with van der Waals surface area (Å²) in [5.41, 5.74) is 2.75. The normalized spacial score (nSPS) is 12.1. The number of carbonyl (C=O) groups is 1. The van der Waals surface area contributed by atoms with Crippen molar-refractivity contribution in [3.8, 4) is 5.75 Å². The van der Waals surface area contributed by atoms with Crippen molar-refractivity contribution in [1.29, 1.82) is 0 Å². The summed E-state index contributed by atoms with van der Waals surface area (Å²) < 4.78 is 0. The maximum Gasteiger partial charge on any atom is 0.243 e. The maximum absolute atomic E-state index is 11.2. The molecule has 0 saturated carbocycles. The van der Waals surface area contributed by atoms with Crippen LogP contribution in [0.15, 0.2) is 24.8 Å². The molecule has 0 aliphatic heterocycles. The molecule has 0 fully saturated rings. The molecule has 0 aliphatic rings. The van der Waals surface area contributed by atoms with Gasteiger partial charge in [0, 0.05) is 6.54 Å². The monoisotopic (exact) mass is 303 g/mol. The first-order valence-corrected chi connectivity index (χ1v) is 7.74. The lowest BCUT2D eigenvalue weighted by atomic mass is 9.78. The Kier molecular flexibility index (Phi) is 5.44. The molecule has 0 unspecified atom stereocenters. The smallest absolute Gasteiger partial charge is 0.243 e. The van der Waals surface area contributed by atoms with Crippen LogP contribution in [0.2, 0.25) is 0 Å². The average Bonchev–Trinajstić information content (AvgIpc) is 2.37. The Morgan fingerprint density at radius 1 is 1.14 bits per heavy atom. The number of phenolic OH excluding ortho intramolecular Hbond substituents is 1. The van der Waals surface area contributed by atoms with Crippen molar-refractivity contribution in [3.05, 3.63) is 41.5 Å². The lowest BCUT2D eigenvalue weighted by molar-refractivity contribution is -0.116. The quantitative estimate of drug-likeness (QED) is 0.830. The fourth-order valence-corrected chi connectivity index (χ4v) is 2.38. The minimum absolute atomic E-state index is 0.134. The Bertz CT molecular complexity index is 525. The van der Waals surface area contributed by atoms with E-state index in [9.17, 15) is 9.90 Å². The summed E-state index contributed by atoms with van der Waals surface area (Å²) in [6.07, 6.45) is 2.00. The Balaban J connectivity index is 3.18. The fourth-order valence-electron chi connectivity index (χ4n) is 2.38. The zero-order valence-electron chi connectivity index (χ0n) is 14.7. The number of hydrogen-bond donors (Lipinski definition) is 2. The third-order valence-electron chi connectivity index (χ3n) is 3.68. The van der Waals surface area contributed by atoms with Crippen molar-refractivity contribution < 1.29 is 9.90 Å². The maximum atomic E-state index is 11.2. The molecule has 1 rings (SSSR count). The van der Waals surface area contributed by atoms with Crippen molar-refractivity contribution in [2.24, 2.45) is 0 Å². The summed E-state index contributed by atoms with van der Waals surface area (Å²) in [5, 5.41) is 13.4. The molecule has 22 heavy (non-hydrogen) atoms. The van der Waals surface area contributed by atoms with Crippen LogP contribution in [-0.2, 0) is 22.0 Å². The molecule has 0 bridgehead atoms. The lowest BCUT2D eigenvalue weighted by Gasteiger charge is -2.28. The van der Waals surface area contributed by atoms with Crippen LogP contribution in [0.5, 0.6) is 5.75 Å². The summed E-state index contributed by atoms with van der Waals surface area (Å²) >= 11 is 0. The van der Waals surface area contributed by atoms with E-state index in [-0.39, 0.29) is 16.7 Å². The standard InChI is InChI=1S/C19H29NO2/c1-8-16(21)20-10-9-13-11-14(18(2,3)4)17(22)15(12-13)19(5,6)7/h8,11-12,22H,1,9-10H2,2-7H3,(H,20,21). The second kappa shape index (κ2) is 6.55. The summed E-state index contributed by atoms with van der Waals surface area (Å²) in [6.45, 7) is 16.6. The molecule has 0 aromatic heterocycles. The number of rotatable bonds is 4. The summed E-state index contributed by atoms with van der Waals surface area (Å²) in [7, 11) is 0. The van der Waals surface area contributed by atoms with Gasteiger partial charge in [0.05, 0.1) is 0 Å². The van der Waals surface area contributed by atoms with Gasteiger partial charge in [-0.2, -0.15) is 0 Å². The number of amides is 1. The van der Waals surface area contributed by atoms with Crippen LogP contribution in [0, 0.1) is 0 Å². The Hall–Kier alpha value is -1.77. The predicted octanol–water partition coefficient (Wildman–Crippen LogP) is 3.83. The molecule has 122 valence electrons. The van der Waals surface area contributed by atoms with Gasteiger partial charge in [-0.1, -0.05) is 60.3 Å². The van der Waals surface area contributed by atoms with Gasteiger partial charge in [-0.3, -0.25) is 4.79 Å². The first-order chi connectivity index (χ1) is 9.96. The van der Waals surface area contributed by atoms with Crippen LogP contribution in [0.25, 0.3) is 0 Å². The van der Waals surface area contributed by atoms with Crippen LogP contribution in [0.4, 0.5) is 0 Å². The second-order valence-electron chi connectivity index (χ2n) is 7.78. The number of carbonyl (C=O) groups excluding carboxylic acids is 1. The van der Waals surface area contributed by atoms with Crippen molar-refractivity contribution in [2.45, 2.75) is 58.8 Å². The SMILES string of the molecule is C=CC(=O)NCCc1cc(C(C)(C)C)c(O)c(C(C)(C)C)c1. The van der Waals surface area contributed by atoms with Crippen molar-refractivity contribution in [3.63, 3.8) is 0 Å². The topological polar surface area (TPSA) is 49.3 Å². The molecule has 0 heterocycles. The number of benzene rings is 1. The molecule has 0 radical (unpaired) electrons. The van der Waals surface area contributed by atoms with Crippen LogP contribution < -0.4 is 5.32 Å². The van der Waals surface area contributed by atoms with E-state index < -0.39 is 0 Å². The summed E-state index contributed by atoms with van der Waals surface area (Å²) in [5.74, 6) is 0.227. The molecule has 3 heteroatoms. The van der Waals surface area contributed by atoms with Gasteiger partial charge in [0.25, 0.3) is 0 Å². The fraction of sp³-hybridized carbons (Fsp3) is 0.526. The minimum Gasteiger partial charge on any atom is -0.507 e. The van der Waals surface area contributed by atoms with E-state index in [1.54, 1.807) is 0 Å². The number of nitrogens with one attached hydrogen (secondary N) is 1. The highest BCUT2D eigenvalue weighted by Gasteiger charge is 2.26. The van der Waals surface area contributed by atoms with Crippen LogP contribution >= 0.6 is 0 Å². The van der Waals surface area contributed by atoms with Crippen LogP contribution in [0.1, 0.15) is 58.2 Å². The number of hydrogen-bond acceptors (Lipinski definition) is 2. The molecule has 1 aromatic rings. The number of aromatic hydroxyl groups is 1. The highest BCUT2D eigenvalue weighted by atomic mass is 16.3. The molecular weight excluding hydrogens is 274 g/mol. The molecular formula is C19H29NO2. The Morgan fingerprint density at radius 2 is 1.59 bits per heavy atom. The van der Waals surface area contributed by atoms with Gasteiger partial charge in [0.15, 0.2) is 0 Å². The zero-order chi connectivity index (χ0) is 17.1. The third kappa shape index (κ3) is 4.62. The highest BCUT2D eigenvalue weighted by molar-refractivity contribution is 5.86. The van der Waals surface area contributed by atoms with Gasteiger partial charge in [0.1, 0.15) is 5.75 Å². The van der Waals surface area contributed by atoms with E-state index in [4.69, 9.17) is 0 Å². The van der Waals surface area contributed by atoms with Crippen LogP contribution in [-0.4, -0.2) is 17.6 Å². The first kappa shape index (κ1) is 18.3. The second-order valence-corrected chi connectivity index (χ2v) is 7.78. The Labute approximate surface area is 134 Å². The van der Waals surface area contributed by atoms with E-state index in [1.165, 1.54) is 6.08 Å². The van der Waals surface area contributed by atoms with Gasteiger partial charge >= 0.3 is 0 Å². The largest absolute Gasteiger partial charge is 0.507 e. The van der Waals surface area contributed by atoms with Gasteiger partial charge in [-0.15, -0.1) is 0 Å². The van der Waals surface area contributed by atoms with E-state index >= 15 is 0 Å². The molecule has 1 aromatic carbocycles. The summed E-state index contributed by atoms with van der Waals surface area (Å²) in [4.78, 5) is 11.2.